The van der Waals surface area contributed by atoms with Gasteiger partial charge < -0.3 is 10.6 Å². The number of nitrogens with one attached hydrogen (secondary N) is 2. The zero-order valence-electron chi connectivity index (χ0n) is 7.40. The van der Waals surface area contributed by atoms with E-state index in [9.17, 15) is 4.79 Å². The summed E-state index contributed by atoms with van der Waals surface area (Å²) in [6.45, 7) is 3.65. The quantitative estimate of drug-likeness (QED) is 0.602. The molecule has 1 fully saturated rings. The van der Waals surface area contributed by atoms with E-state index >= 15 is 0 Å². The van der Waals surface area contributed by atoms with E-state index in [4.69, 9.17) is 0 Å². The predicted octanol–water partition coefficient (Wildman–Crippen LogP) is 0.263. The summed E-state index contributed by atoms with van der Waals surface area (Å²) in [7, 11) is 1.96. The van der Waals surface area contributed by atoms with Crippen molar-refractivity contribution in [1.82, 2.24) is 10.6 Å². The minimum atomic E-state index is 0.0551. The Balaban J connectivity index is 2.31. The molecule has 0 spiro atoms. The van der Waals surface area contributed by atoms with Crippen LogP contribution >= 0.6 is 0 Å². The second kappa shape index (κ2) is 2.81. The lowest BCUT2D eigenvalue weighted by atomic mass is 9.74. The summed E-state index contributed by atoms with van der Waals surface area (Å²) in [6.07, 6.45) is 2.09. The Morgan fingerprint density at radius 1 is 1.55 bits per heavy atom. The zero-order chi connectivity index (χ0) is 8.48. The minimum Gasteiger partial charge on any atom is -0.351 e. The summed E-state index contributed by atoms with van der Waals surface area (Å²) < 4.78 is 0. The van der Waals surface area contributed by atoms with Crippen LogP contribution in [0.2, 0.25) is 0 Å². The van der Waals surface area contributed by atoms with E-state index in [2.05, 4.69) is 17.6 Å². The normalized spacial score (nSPS) is 36.1. The molecule has 1 aliphatic carbocycles. The number of amides is 1. The molecule has 3 nitrogen and oxygen atoms in total. The van der Waals surface area contributed by atoms with Gasteiger partial charge in [0, 0.05) is 18.5 Å². The highest BCUT2D eigenvalue weighted by Crippen LogP contribution is 2.31. The SMILES string of the molecule is CN[C@H]1C[C@@](C)(NC(C)=O)C1. The van der Waals surface area contributed by atoms with E-state index < -0.39 is 0 Å². The molecule has 0 bridgehead atoms. The highest BCUT2D eigenvalue weighted by atomic mass is 16.1. The average Bonchev–Trinajstić information content (AvgIpc) is 1.80. The molecule has 3 heteroatoms. The molecule has 0 radical (unpaired) electrons. The first-order valence-electron chi connectivity index (χ1n) is 4.02. The van der Waals surface area contributed by atoms with Crippen LogP contribution < -0.4 is 10.6 Å². The summed E-state index contributed by atoms with van der Waals surface area (Å²) in [4.78, 5) is 10.7. The van der Waals surface area contributed by atoms with E-state index in [1.165, 1.54) is 0 Å². The average molecular weight is 156 g/mol. The molecule has 11 heavy (non-hydrogen) atoms. The van der Waals surface area contributed by atoms with Gasteiger partial charge in [0.1, 0.15) is 0 Å². The van der Waals surface area contributed by atoms with Gasteiger partial charge in [-0.15, -0.1) is 0 Å². The summed E-state index contributed by atoms with van der Waals surface area (Å²) in [5.74, 6) is 0.0713. The number of hydrogen-bond donors (Lipinski definition) is 2. The Labute approximate surface area is 67.5 Å². The maximum absolute atomic E-state index is 10.7. The molecule has 1 amide bonds. The van der Waals surface area contributed by atoms with Crippen LogP contribution in [0.3, 0.4) is 0 Å². The molecular formula is C8H16N2O. The van der Waals surface area contributed by atoms with Gasteiger partial charge in [0.15, 0.2) is 0 Å². The highest BCUT2D eigenvalue weighted by molar-refractivity contribution is 5.74. The maximum atomic E-state index is 10.7. The molecule has 0 aromatic rings. The molecule has 0 unspecified atom stereocenters. The lowest BCUT2D eigenvalue weighted by Gasteiger charge is -2.45. The highest BCUT2D eigenvalue weighted by Gasteiger charge is 2.39. The van der Waals surface area contributed by atoms with Crippen molar-refractivity contribution in [2.75, 3.05) is 7.05 Å². The van der Waals surface area contributed by atoms with Crippen LogP contribution in [0.4, 0.5) is 0 Å². The van der Waals surface area contributed by atoms with Crippen LogP contribution in [0.15, 0.2) is 0 Å². The predicted molar refractivity (Wildman–Crippen MR) is 44.3 cm³/mol. The van der Waals surface area contributed by atoms with Gasteiger partial charge in [-0.1, -0.05) is 0 Å². The largest absolute Gasteiger partial charge is 0.351 e. The molecule has 1 aliphatic rings. The van der Waals surface area contributed by atoms with Crippen LogP contribution in [0.25, 0.3) is 0 Å². The van der Waals surface area contributed by atoms with Gasteiger partial charge in [0.2, 0.25) is 5.91 Å². The number of hydrogen-bond acceptors (Lipinski definition) is 2. The minimum absolute atomic E-state index is 0.0551. The van der Waals surface area contributed by atoms with E-state index in [1.807, 2.05) is 7.05 Å². The molecule has 0 aliphatic heterocycles. The van der Waals surface area contributed by atoms with Crippen LogP contribution in [0.5, 0.6) is 0 Å². The first kappa shape index (κ1) is 8.53. The van der Waals surface area contributed by atoms with Gasteiger partial charge in [-0.3, -0.25) is 4.79 Å². The number of carbonyl (C=O) groups is 1. The molecular weight excluding hydrogens is 140 g/mol. The standard InChI is InChI=1S/C8H16N2O/c1-6(11)10-8(2)4-7(5-8)9-3/h7,9H,4-5H2,1-3H3,(H,10,11)/t7-,8+. The van der Waals surface area contributed by atoms with Crippen molar-refractivity contribution in [3.63, 3.8) is 0 Å². The number of carbonyl (C=O) groups excluding carboxylic acids is 1. The van der Waals surface area contributed by atoms with Gasteiger partial charge >= 0.3 is 0 Å². The van der Waals surface area contributed by atoms with Gasteiger partial charge in [0.05, 0.1) is 0 Å². The van der Waals surface area contributed by atoms with Crippen molar-refractivity contribution in [2.45, 2.75) is 38.3 Å². The van der Waals surface area contributed by atoms with E-state index in [0.29, 0.717) is 6.04 Å². The van der Waals surface area contributed by atoms with Crippen LogP contribution in [0.1, 0.15) is 26.7 Å². The van der Waals surface area contributed by atoms with Gasteiger partial charge in [-0.05, 0) is 26.8 Å². The molecule has 0 aromatic carbocycles. The molecule has 0 saturated heterocycles. The molecule has 0 aromatic heterocycles. The number of rotatable bonds is 2. The van der Waals surface area contributed by atoms with Crippen LogP contribution in [-0.4, -0.2) is 24.5 Å². The van der Waals surface area contributed by atoms with Crippen molar-refractivity contribution in [3.8, 4) is 0 Å². The zero-order valence-corrected chi connectivity index (χ0v) is 7.40. The lowest BCUT2D eigenvalue weighted by molar-refractivity contribution is -0.121. The maximum Gasteiger partial charge on any atom is 0.217 e. The first-order chi connectivity index (χ1) is 5.06. The van der Waals surface area contributed by atoms with Crippen molar-refractivity contribution in [1.29, 1.82) is 0 Å². The fraction of sp³-hybridized carbons (Fsp3) is 0.875. The Kier molecular flexibility index (Phi) is 2.18. The summed E-state index contributed by atoms with van der Waals surface area (Å²) in [5.41, 5.74) is 0.0551. The van der Waals surface area contributed by atoms with Crippen molar-refractivity contribution in [3.05, 3.63) is 0 Å². The van der Waals surface area contributed by atoms with Crippen molar-refractivity contribution >= 4 is 5.91 Å². The second-order valence-electron chi connectivity index (χ2n) is 3.64. The van der Waals surface area contributed by atoms with E-state index in [-0.39, 0.29) is 11.4 Å². The fourth-order valence-corrected chi connectivity index (χ4v) is 1.76. The molecule has 0 atom stereocenters. The van der Waals surface area contributed by atoms with Crippen molar-refractivity contribution in [2.24, 2.45) is 0 Å². The Bertz CT molecular complexity index is 161. The fourth-order valence-electron chi connectivity index (χ4n) is 1.76. The topological polar surface area (TPSA) is 41.1 Å². The molecule has 0 heterocycles. The third-order valence-electron chi connectivity index (χ3n) is 2.28. The lowest BCUT2D eigenvalue weighted by Crippen LogP contribution is -2.60. The van der Waals surface area contributed by atoms with E-state index in [0.717, 1.165) is 12.8 Å². The van der Waals surface area contributed by atoms with Gasteiger partial charge in [0.25, 0.3) is 0 Å². The Morgan fingerprint density at radius 3 is 2.45 bits per heavy atom. The van der Waals surface area contributed by atoms with Crippen molar-refractivity contribution < 1.29 is 4.79 Å². The summed E-state index contributed by atoms with van der Waals surface area (Å²) in [5, 5.41) is 6.12. The molecule has 1 saturated carbocycles. The smallest absolute Gasteiger partial charge is 0.217 e. The monoisotopic (exact) mass is 156 g/mol. The molecule has 1 rings (SSSR count). The Morgan fingerprint density at radius 2 is 2.09 bits per heavy atom. The van der Waals surface area contributed by atoms with Gasteiger partial charge in [-0.2, -0.15) is 0 Å². The summed E-state index contributed by atoms with van der Waals surface area (Å²) >= 11 is 0. The van der Waals surface area contributed by atoms with Crippen LogP contribution in [0, 0.1) is 0 Å². The van der Waals surface area contributed by atoms with Crippen LogP contribution in [-0.2, 0) is 4.79 Å². The third kappa shape index (κ3) is 1.93. The van der Waals surface area contributed by atoms with E-state index in [1.54, 1.807) is 6.92 Å². The summed E-state index contributed by atoms with van der Waals surface area (Å²) in [6, 6.07) is 0.590. The molecule has 64 valence electrons. The molecule has 2 N–H and O–H groups in total. The van der Waals surface area contributed by atoms with Gasteiger partial charge in [-0.25, -0.2) is 0 Å². The third-order valence-corrected chi connectivity index (χ3v) is 2.28. The Hall–Kier alpha value is -0.570. The first-order valence-corrected chi connectivity index (χ1v) is 4.02. The second-order valence-corrected chi connectivity index (χ2v) is 3.64.